The van der Waals surface area contributed by atoms with Gasteiger partial charge in [-0.15, -0.1) is 0 Å². The van der Waals surface area contributed by atoms with E-state index >= 15 is 0 Å². The molecule has 2 amide bonds. The predicted octanol–water partition coefficient (Wildman–Crippen LogP) is 4.06. The summed E-state index contributed by atoms with van der Waals surface area (Å²) in [6, 6.07) is 8.66. The number of carbonyl (C=O) groups excluding carboxylic acids is 1. The number of fused-ring (bicyclic) bond motifs is 1. The molecule has 0 saturated heterocycles. The van der Waals surface area contributed by atoms with Gasteiger partial charge in [0.25, 0.3) is 0 Å². The molecule has 0 radical (unpaired) electrons. The lowest BCUT2D eigenvalue weighted by atomic mass is 10.1. The van der Waals surface area contributed by atoms with E-state index in [1.165, 1.54) is 10.9 Å². The van der Waals surface area contributed by atoms with E-state index < -0.39 is 0 Å². The van der Waals surface area contributed by atoms with Crippen LogP contribution in [0.4, 0.5) is 4.79 Å². The zero-order valence-electron chi connectivity index (χ0n) is 13.9. The van der Waals surface area contributed by atoms with Crippen LogP contribution in [0.15, 0.2) is 24.3 Å². The zero-order valence-corrected chi connectivity index (χ0v) is 13.9. The third-order valence-electron chi connectivity index (χ3n) is 3.87. The maximum absolute atomic E-state index is 12.1. The summed E-state index contributed by atoms with van der Waals surface area (Å²) in [6.45, 7) is 8.36. The van der Waals surface area contributed by atoms with Crippen LogP contribution in [0.1, 0.15) is 44.9 Å². The fourth-order valence-corrected chi connectivity index (χ4v) is 2.73. The van der Waals surface area contributed by atoms with E-state index in [2.05, 4.69) is 48.4 Å². The Hall–Kier alpha value is -1.97. The second-order valence-corrected chi connectivity index (χ2v) is 5.70. The number of carbonyl (C=O) groups is 1. The van der Waals surface area contributed by atoms with Gasteiger partial charge in [-0.3, -0.25) is 0 Å². The number of amides is 2. The lowest BCUT2D eigenvalue weighted by Gasteiger charge is -2.20. The van der Waals surface area contributed by atoms with Crippen LogP contribution in [-0.4, -0.2) is 29.0 Å². The molecule has 0 fully saturated rings. The van der Waals surface area contributed by atoms with Crippen LogP contribution >= 0.6 is 0 Å². The predicted molar refractivity (Wildman–Crippen MR) is 92.1 cm³/mol. The van der Waals surface area contributed by atoms with Crippen molar-refractivity contribution in [3.8, 4) is 0 Å². The Morgan fingerprint density at radius 3 is 2.68 bits per heavy atom. The van der Waals surface area contributed by atoms with Crippen molar-refractivity contribution in [3.05, 3.63) is 35.5 Å². The second-order valence-electron chi connectivity index (χ2n) is 5.70. The van der Waals surface area contributed by atoms with Gasteiger partial charge in [-0.05, 0) is 42.8 Å². The highest BCUT2D eigenvalue weighted by Crippen LogP contribution is 2.18. The van der Waals surface area contributed by atoms with E-state index in [0.717, 1.165) is 43.6 Å². The van der Waals surface area contributed by atoms with Gasteiger partial charge in [0.2, 0.25) is 0 Å². The summed E-state index contributed by atoms with van der Waals surface area (Å²) < 4.78 is 0. The standard InChI is InChI=1S/C18H27N3O/c1-4-7-14-8-9-15-12-16(20-17(15)11-14)13-19-18(22)21(6-3)10-5-2/h8-9,11-12,20H,4-7,10,13H2,1-3H3,(H,19,22). The van der Waals surface area contributed by atoms with Crippen molar-refractivity contribution in [2.45, 2.75) is 46.6 Å². The van der Waals surface area contributed by atoms with E-state index in [9.17, 15) is 4.79 Å². The van der Waals surface area contributed by atoms with Crippen LogP contribution in [0.2, 0.25) is 0 Å². The Balaban J connectivity index is 2.01. The van der Waals surface area contributed by atoms with Crippen molar-refractivity contribution in [1.82, 2.24) is 15.2 Å². The van der Waals surface area contributed by atoms with Gasteiger partial charge in [0.15, 0.2) is 0 Å². The van der Waals surface area contributed by atoms with Gasteiger partial charge in [-0.2, -0.15) is 0 Å². The first-order valence-electron chi connectivity index (χ1n) is 8.31. The van der Waals surface area contributed by atoms with Crippen LogP contribution in [0.3, 0.4) is 0 Å². The second kappa shape index (κ2) is 7.87. The minimum Gasteiger partial charge on any atom is -0.357 e. The number of urea groups is 1. The molecule has 0 spiro atoms. The SMILES string of the molecule is CCCc1ccc2cc(CNC(=O)N(CC)CCC)[nH]c2c1. The first-order chi connectivity index (χ1) is 10.7. The molecule has 1 aromatic heterocycles. The number of nitrogens with one attached hydrogen (secondary N) is 2. The lowest BCUT2D eigenvalue weighted by molar-refractivity contribution is 0.200. The summed E-state index contributed by atoms with van der Waals surface area (Å²) in [4.78, 5) is 17.3. The number of nitrogens with zero attached hydrogens (tertiary/aromatic N) is 1. The van der Waals surface area contributed by atoms with Crippen molar-refractivity contribution in [3.63, 3.8) is 0 Å². The highest BCUT2D eigenvalue weighted by molar-refractivity contribution is 5.81. The first kappa shape index (κ1) is 16.4. The van der Waals surface area contributed by atoms with Gasteiger partial charge < -0.3 is 15.2 Å². The Morgan fingerprint density at radius 1 is 1.18 bits per heavy atom. The molecular weight excluding hydrogens is 274 g/mol. The van der Waals surface area contributed by atoms with E-state index in [4.69, 9.17) is 0 Å². The highest BCUT2D eigenvalue weighted by atomic mass is 16.2. The normalized spacial score (nSPS) is 10.9. The van der Waals surface area contributed by atoms with Gasteiger partial charge in [-0.25, -0.2) is 4.79 Å². The van der Waals surface area contributed by atoms with Crippen LogP contribution in [0.25, 0.3) is 10.9 Å². The Bertz CT molecular complexity index is 618. The number of aromatic amines is 1. The molecule has 22 heavy (non-hydrogen) atoms. The number of hydrogen-bond donors (Lipinski definition) is 2. The molecule has 1 heterocycles. The molecule has 0 aliphatic carbocycles. The topological polar surface area (TPSA) is 48.1 Å². The zero-order chi connectivity index (χ0) is 15.9. The molecule has 0 bridgehead atoms. The van der Waals surface area contributed by atoms with Gasteiger partial charge in [-0.1, -0.05) is 32.4 Å². The molecule has 1 aromatic carbocycles. The molecular formula is C18H27N3O. The van der Waals surface area contributed by atoms with Crippen molar-refractivity contribution < 1.29 is 4.79 Å². The summed E-state index contributed by atoms with van der Waals surface area (Å²) in [5, 5.41) is 4.19. The number of aromatic nitrogens is 1. The quantitative estimate of drug-likeness (QED) is 0.796. The van der Waals surface area contributed by atoms with Crippen molar-refractivity contribution in [2.24, 2.45) is 0 Å². The number of H-pyrrole nitrogens is 1. The van der Waals surface area contributed by atoms with Crippen molar-refractivity contribution >= 4 is 16.9 Å². The monoisotopic (exact) mass is 301 g/mol. The fraction of sp³-hybridized carbons (Fsp3) is 0.500. The molecule has 4 nitrogen and oxygen atoms in total. The molecule has 2 aromatic rings. The summed E-state index contributed by atoms with van der Waals surface area (Å²) in [5.74, 6) is 0. The van der Waals surface area contributed by atoms with Gasteiger partial charge in [0, 0.05) is 24.3 Å². The average molecular weight is 301 g/mol. The van der Waals surface area contributed by atoms with E-state index in [0.29, 0.717) is 6.54 Å². The van der Waals surface area contributed by atoms with E-state index in [1.54, 1.807) is 0 Å². The molecule has 0 atom stereocenters. The largest absolute Gasteiger partial charge is 0.357 e. The van der Waals surface area contributed by atoms with Crippen LogP contribution in [0, 0.1) is 0 Å². The lowest BCUT2D eigenvalue weighted by Crippen LogP contribution is -2.39. The molecule has 0 aliphatic rings. The summed E-state index contributed by atoms with van der Waals surface area (Å²) in [5.41, 5.74) is 3.55. The smallest absolute Gasteiger partial charge is 0.317 e. The average Bonchev–Trinajstić information content (AvgIpc) is 2.92. The van der Waals surface area contributed by atoms with E-state index in [-0.39, 0.29) is 6.03 Å². The Morgan fingerprint density at radius 2 is 2.00 bits per heavy atom. The fourth-order valence-electron chi connectivity index (χ4n) is 2.73. The molecule has 2 N–H and O–H groups in total. The number of hydrogen-bond acceptors (Lipinski definition) is 1. The molecule has 4 heteroatoms. The summed E-state index contributed by atoms with van der Waals surface area (Å²) in [6.07, 6.45) is 3.23. The van der Waals surface area contributed by atoms with Gasteiger partial charge >= 0.3 is 6.03 Å². The minimum absolute atomic E-state index is 0.00896. The maximum Gasteiger partial charge on any atom is 0.317 e. The van der Waals surface area contributed by atoms with Crippen LogP contribution < -0.4 is 5.32 Å². The van der Waals surface area contributed by atoms with Crippen LogP contribution in [-0.2, 0) is 13.0 Å². The maximum atomic E-state index is 12.1. The highest BCUT2D eigenvalue weighted by Gasteiger charge is 2.10. The summed E-state index contributed by atoms with van der Waals surface area (Å²) >= 11 is 0. The minimum atomic E-state index is 0.00896. The Kier molecular flexibility index (Phi) is 5.87. The van der Waals surface area contributed by atoms with Gasteiger partial charge in [0.1, 0.15) is 0 Å². The van der Waals surface area contributed by atoms with E-state index in [1.807, 2.05) is 11.8 Å². The molecule has 0 aliphatic heterocycles. The molecule has 0 unspecified atom stereocenters. The number of benzene rings is 1. The summed E-state index contributed by atoms with van der Waals surface area (Å²) in [7, 11) is 0. The third-order valence-corrected chi connectivity index (χ3v) is 3.87. The van der Waals surface area contributed by atoms with Crippen molar-refractivity contribution in [2.75, 3.05) is 13.1 Å². The first-order valence-corrected chi connectivity index (χ1v) is 8.31. The van der Waals surface area contributed by atoms with Gasteiger partial charge in [0.05, 0.1) is 6.54 Å². The Labute approximate surface area is 132 Å². The molecule has 120 valence electrons. The van der Waals surface area contributed by atoms with Crippen LogP contribution in [0.5, 0.6) is 0 Å². The molecule has 2 rings (SSSR count). The number of aryl methyl sites for hydroxylation is 1. The van der Waals surface area contributed by atoms with Crippen molar-refractivity contribution in [1.29, 1.82) is 0 Å². The molecule has 0 saturated carbocycles. The number of rotatable bonds is 7. The third kappa shape index (κ3) is 4.03.